The van der Waals surface area contributed by atoms with Gasteiger partial charge in [-0.3, -0.25) is 4.21 Å². The standard InChI is InChI=1S/C12H19NO2S/c1-10(13)6-7-16(14)9-11-4-3-5-12(8-11)15-2/h3-5,8,10H,6-7,9,13H2,1-2H3. The highest BCUT2D eigenvalue weighted by Gasteiger charge is 2.04. The van der Waals surface area contributed by atoms with Crippen molar-refractivity contribution in [3.63, 3.8) is 0 Å². The lowest BCUT2D eigenvalue weighted by molar-refractivity contribution is 0.414. The molecule has 1 aromatic carbocycles. The van der Waals surface area contributed by atoms with Crippen LogP contribution in [0.4, 0.5) is 0 Å². The van der Waals surface area contributed by atoms with Gasteiger partial charge < -0.3 is 10.5 Å². The molecule has 1 aromatic rings. The third-order valence-electron chi connectivity index (χ3n) is 2.26. The lowest BCUT2D eigenvalue weighted by Gasteiger charge is -2.06. The first kappa shape index (κ1) is 13.2. The summed E-state index contributed by atoms with van der Waals surface area (Å²) in [6.45, 7) is 1.93. The predicted molar refractivity (Wildman–Crippen MR) is 68.0 cm³/mol. The Hall–Kier alpha value is -0.870. The molecule has 16 heavy (non-hydrogen) atoms. The zero-order chi connectivity index (χ0) is 12.0. The second kappa shape index (κ2) is 6.66. The lowest BCUT2D eigenvalue weighted by Crippen LogP contribution is -2.18. The highest BCUT2D eigenvalue weighted by molar-refractivity contribution is 7.84. The Balaban J connectivity index is 2.49. The summed E-state index contributed by atoms with van der Waals surface area (Å²) in [5.41, 5.74) is 6.67. The van der Waals surface area contributed by atoms with E-state index in [1.807, 2.05) is 31.2 Å². The van der Waals surface area contributed by atoms with E-state index in [1.165, 1.54) is 0 Å². The van der Waals surface area contributed by atoms with Crippen LogP contribution in [0.25, 0.3) is 0 Å². The van der Waals surface area contributed by atoms with Gasteiger partial charge in [0.1, 0.15) is 5.75 Å². The Morgan fingerprint density at radius 1 is 1.50 bits per heavy atom. The molecule has 0 spiro atoms. The lowest BCUT2D eigenvalue weighted by atomic mass is 10.2. The van der Waals surface area contributed by atoms with E-state index in [4.69, 9.17) is 10.5 Å². The summed E-state index contributed by atoms with van der Waals surface area (Å²) in [4.78, 5) is 0. The maximum Gasteiger partial charge on any atom is 0.119 e. The maximum atomic E-state index is 11.7. The number of nitrogens with two attached hydrogens (primary N) is 1. The van der Waals surface area contributed by atoms with Crippen molar-refractivity contribution in [3.05, 3.63) is 29.8 Å². The van der Waals surface area contributed by atoms with E-state index in [0.29, 0.717) is 11.5 Å². The van der Waals surface area contributed by atoms with E-state index >= 15 is 0 Å². The molecule has 0 fully saturated rings. The monoisotopic (exact) mass is 241 g/mol. The van der Waals surface area contributed by atoms with Crippen molar-refractivity contribution in [2.45, 2.75) is 25.1 Å². The molecule has 0 saturated carbocycles. The quantitative estimate of drug-likeness (QED) is 0.824. The van der Waals surface area contributed by atoms with Crippen LogP contribution in [0.3, 0.4) is 0 Å². The minimum atomic E-state index is -0.837. The van der Waals surface area contributed by atoms with Crippen LogP contribution in [0.5, 0.6) is 5.75 Å². The normalized spacial score (nSPS) is 14.4. The van der Waals surface area contributed by atoms with Crippen LogP contribution in [-0.2, 0) is 16.6 Å². The highest BCUT2D eigenvalue weighted by atomic mass is 32.2. The SMILES string of the molecule is COc1cccc(CS(=O)CCC(C)N)c1. The summed E-state index contributed by atoms with van der Waals surface area (Å²) in [5.74, 6) is 2.04. The molecule has 4 heteroatoms. The number of hydrogen-bond donors (Lipinski definition) is 1. The van der Waals surface area contributed by atoms with Gasteiger partial charge in [-0.2, -0.15) is 0 Å². The van der Waals surface area contributed by atoms with Gasteiger partial charge in [-0.1, -0.05) is 12.1 Å². The van der Waals surface area contributed by atoms with Crippen LogP contribution < -0.4 is 10.5 Å². The minimum absolute atomic E-state index is 0.120. The molecule has 2 N–H and O–H groups in total. The van der Waals surface area contributed by atoms with Gasteiger partial charge in [-0.15, -0.1) is 0 Å². The van der Waals surface area contributed by atoms with Gasteiger partial charge in [0.25, 0.3) is 0 Å². The number of benzene rings is 1. The van der Waals surface area contributed by atoms with E-state index < -0.39 is 10.8 Å². The summed E-state index contributed by atoms with van der Waals surface area (Å²) in [7, 11) is 0.794. The maximum absolute atomic E-state index is 11.7. The van der Waals surface area contributed by atoms with Crippen molar-refractivity contribution in [1.82, 2.24) is 0 Å². The van der Waals surface area contributed by atoms with Crippen molar-refractivity contribution in [2.24, 2.45) is 5.73 Å². The van der Waals surface area contributed by atoms with Gasteiger partial charge in [0, 0.05) is 28.3 Å². The Morgan fingerprint density at radius 3 is 2.88 bits per heavy atom. The molecule has 3 nitrogen and oxygen atoms in total. The summed E-state index contributed by atoms with van der Waals surface area (Å²) in [6.07, 6.45) is 0.802. The smallest absolute Gasteiger partial charge is 0.119 e. The molecule has 1 rings (SSSR count). The molecule has 0 amide bonds. The van der Waals surface area contributed by atoms with Crippen LogP contribution in [0.15, 0.2) is 24.3 Å². The average Bonchev–Trinajstić information content (AvgIpc) is 2.26. The number of rotatable bonds is 6. The summed E-state index contributed by atoms with van der Waals surface area (Å²) in [5, 5.41) is 0. The van der Waals surface area contributed by atoms with Crippen LogP contribution in [0, 0.1) is 0 Å². The molecular formula is C12H19NO2S. The van der Waals surface area contributed by atoms with E-state index in [1.54, 1.807) is 7.11 Å². The molecule has 90 valence electrons. The van der Waals surface area contributed by atoms with Crippen molar-refractivity contribution in [1.29, 1.82) is 0 Å². The molecule has 0 aliphatic rings. The zero-order valence-electron chi connectivity index (χ0n) is 9.81. The van der Waals surface area contributed by atoms with Crippen molar-refractivity contribution in [3.8, 4) is 5.75 Å². The second-order valence-electron chi connectivity index (χ2n) is 3.91. The number of methoxy groups -OCH3 is 1. The summed E-state index contributed by atoms with van der Waals surface area (Å²) >= 11 is 0. The minimum Gasteiger partial charge on any atom is -0.497 e. The third kappa shape index (κ3) is 4.77. The summed E-state index contributed by atoms with van der Waals surface area (Å²) < 4.78 is 16.8. The zero-order valence-corrected chi connectivity index (χ0v) is 10.6. The highest BCUT2D eigenvalue weighted by Crippen LogP contribution is 2.14. The fourth-order valence-corrected chi connectivity index (χ4v) is 2.67. The third-order valence-corrected chi connectivity index (χ3v) is 3.61. The van der Waals surface area contributed by atoms with Gasteiger partial charge in [-0.25, -0.2) is 0 Å². The van der Waals surface area contributed by atoms with Crippen LogP contribution in [0.2, 0.25) is 0 Å². The van der Waals surface area contributed by atoms with E-state index in [-0.39, 0.29) is 6.04 Å². The van der Waals surface area contributed by atoms with Gasteiger partial charge in [0.15, 0.2) is 0 Å². The molecule has 0 radical (unpaired) electrons. The largest absolute Gasteiger partial charge is 0.497 e. The van der Waals surface area contributed by atoms with E-state index in [2.05, 4.69) is 0 Å². The second-order valence-corrected chi connectivity index (χ2v) is 5.48. The molecule has 0 aliphatic heterocycles. The Labute approximate surface area is 99.4 Å². The Bertz CT molecular complexity index is 353. The van der Waals surface area contributed by atoms with E-state index in [9.17, 15) is 4.21 Å². The first-order valence-corrected chi connectivity index (χ1v) is 6.84. The molecular weight excluding hydrogens is 222 g/mol. The van der Waals surface area contributed by atoms with Gasteiger partial charge in [0.2, 0.25) is 0 Å². The molecule has 0 saturated heterocycles. The molecule has 0 heterocycles. The van der Waals surface area contributed by atoms with Gasteiger partial charge in [0.05, 0.1) is 7.11 Å². The first-order valence-electron chi connectivity index (χ1n) is 5.35. The van der Waals surface area contributed by atoms with Crippen molar-refractivity contribution < 1.29 is 8.95 Å². The van der Waals surface area contributed by atoms with Crippen molar-refractivity contribution in [2.75, 3.05) is 12.9 Å². The molecule has 2 atom stereocenters. The Morgan fingerprint density at radius 2 is 2.25 bits per heavy atom. The predicted octanol–water partition coefficient (Wildman–Crippen LogP) is 1.68. The van der Waals surface area contributed by atoms with Gasteiger partial charge >= 0.3 is 0 Å². The fourth-order valence-electron chi connectivity index (χ4n) is 1.34. The Kier molecular flexibility index (Phi) is 5.49. The molecule has 2 unspecified atom stereocenters. The number of ether oxygens (including phenoxy) is 1. The first-order chi connectivity index (χ1) is 7.61. The van der Waals surface area contributed by atoms with E-state index in [0.717, 1.165) is 17.7 Å². The number of hydrogen-bond acceptors (Lipinski definition) is 3. The van der Waals surface area contributed by atoms with Crippen molar-refractivity contribution >= 4 is 10.8 Å². The molecule has 0 aliphatic carbocycles. The fraction of sp³-hybridized carbons (Fsp3) is 0.500. The van der Waals surface area contributed by atoms with Crippen LogP contribution in [-0.4, -0.2) is 23.1 Å². The average molecular weight is 241 g/mol. The molecule has 0 bridgehead atoms. The van der Waals surface area contributed by atoms with Crippen LogP contribution >= 0.6 is 0 Å². The van der Waals surface area contributed by atoms with Crippen LogP contribution in [0.1, 0.15) is 18.9 Å². The molecule has 0 aromatic heterocycles. The van der Waals surface area contributed by atoms with Gasteiger partial charge in [-0.05, 0) is 31.0 Å². The topological polar surface area (TPSA) is 52.3 Å². The summed E-state index contributed by atoms with van der Waals surface area (Å²) in [6, 6.07) is 7.80.